The Labute approximate surface area is 179 Å². The molecule has 4 aromatic rings. The molecule has 0 unspecified atom stereocenters. The lowest BCUT2D eigenvalue weighted by Crippen LogP contribution is -2.14. The van der Waals surface area contributed by atoms with Crippen molar-refractivity contribution < 1.29 is 22.8 Å². The fourth-order valence-corrected chi connectivity index (χ4v) is 3.02. The molecule has 2 heterocycles. The van der Waals surface area contributed by atoms with Crippen LogP contribution in [0.3, 0.4) is 0 Å². The van der Waals surface area contributed by atoms with Gasteiger partial charge in [0.05, 0.1) is 23.3 Å². The second kappa shape index (κ2) is 8.49. The molecule has 1 amide bonds. The van der Waals surface area contributed by atoms with E-state index in [1.165, 1.54) is 13.2 Å². The fourth-order valence-electron chi connectivity index (χ4n) is 2.81. The van der Waals surface area contributed by atoms with Gasteiger partial charge in [-0.2, -0.15) is 9.37 Å². The summed E-state index contributed by atoms with van der Waals surface area (Å²) in [7, 11) is 1.43. The first-order valence-electron chi connectivity index (χ1n) is 8.86. The Kier molecular flexibility index (Phi) is 5.59. The number of benzene rings is 2. The van der Waals surface area contributed by atoms with Crippen LogP contribution in [0.2, 0.25) is 5.02 Å². The van der Waals surface area contributed by atoms with Crippen LogP contribution in [-0.2, 0) is 0 Å². The highest BCUT2D eigenvalue weighted by Gasteiger charge is 2.18. The molecule has 0 spiro atoms. The van der Waals surface area contributed by atoms with Gasteiger partial charge in [-0.1, -0.05) is 28.9 Å². The van der Waals surface area contributed by atoms with Crippen molar-refractivity contribution in [3.05, 3.63) is 77.1 Å². The number of nitrogens with one attached hydrogen (secondary N) is 1. The number of nitrogens with zero attached hydrogens (tertiary/aromatic N) is 3. The molecule has 0 bridgehead atoms. The van der Waals surface area contributed by atoms with E-state index in [4.69, 9.17) is 20.9 Å². The monoisotopic (exact) mass is 442 g/mol. The predicted octanol–water partition coefficient (Wildman–Crippen LogP) is 4.99. The molecule has 7 nitrogen and oxygen atoms in total. The summed E-state index contributed by atoms with van der Waals surface area (Å²) >= 11 is 6.17. The smallest absolute Gasteiger partial charge is 0.274 e. The minimum atomic E-state index is -1.09. The van der Waals surface area contributed by atoms with E-state index in [-0.39, 0.29) is 11.7 Å². The van der Waals surface area contributed by atoms with Crippen molar-refractivity contribution in [3.63, 3.8) is 0 Å². The van der Waals surface area contributed by atoms with E-state index in [0.29, 0.717) is 33.7 Å². The van der Waals surface area contributed by atoms with Crippen LogP contribution >= 0.6 is 11.6 Å². The molecule has 10 heteroatoms. The molecule has 0 saturated carbocycles. The van der Waals surface area contributed by atoms with E-state index in [0.717, 1.165) is 6.07 Å². The Morgan fingerprint density at radius 2 is 1.87 bits per heavy atom. The van der Waals surface area contributed by atoms with Gasteiger partial charge in [-0.15, -0.1) is 0 Å². The number of hydrogen-bond donors (Lipinski definition) is 1. The molecule has 156 valence electrons. The number of carbonyl (C=O) groups is 1. The molecule has 2 aromatic carbocycles. The molecule has 0 fully saturated rings. The van der Waals surface area contributed by atoms with Gasteiger partial charge >= 0.3 is 0 Å². The predicted molar refractivity (Wildman–Crippen MR) is 109 cm³/mol. The molecule has 2 aromatic heterocycles. The van der Waals surface area contributed by atoms with Crippen molar-refractivity contribution in [3.8, 4) is 28.6 Å². The van der Waals surface area contributed by atoms with Crippen LogP contribution in [0.25, 0.3) is 22.8 Å². The first kappa shape index (κ1) is 20.4. The van der Waals surface area contributed by atoms with E-state index in [1.807, 2.05) is 0 Å². The first-order valence-corrected chi connectivity index (χ1v) is 9.24. The van der Waals surface area contributed by atoms with Gasteiger partial charge in [-0.3, -0.25) is 4.79 Å². The lowest BCUT2D eigenvalue weighted by atomic mass is 10.1. The summed E-state index contributed by atoms with van der Waals surface area (Å²) in [5, 5.41) is 6.94. The Balaban J connectivity index is 1.60. The zero-order valence-electron chi connectivity index (χ0n) is 15.9. The van der Waals surface area contributed by atoms with Gasteiger partial charge in [0.2, 0.25) is 11.8 Å². The van der Waals surface area contributed by atoms with Crippen molar-refractivity contribution in [2.45, 2.75) is 0 Å². The van der Waals surface area contributed by atoms with E-state index >= 15 is 0 Å². The van der Waals surface area contributed by atoms with Gasteiger partial charge in [0, 0.05) is 23.9 Å². The van der Waals surface area contributed by atoms with E-state index in [1.54, 1.807) is 36.4 Å². The van der Waals surface area contributed by atoms with Crippen molar-refractivity contribution in [2.75, 3.05) is 12.4 Å². The molecular weight excluding hydrogens is 430 g/mol. The van der Waals surface area contributed by atoms with Gasteiger partial charge in [0.1, 0.15) is 17.3 Å². The number of aromatic nitrogens is 3. The number of amides is 1. The number of carbonyl (C=O) groups excluding carboxylic acids is 1. The zero-order valence-corrected chi connectivity index (χ0v) is 16.7. The lowest BCUT2D eigenvalue weighted by Gasteiger charge is -2.09. The average Bonchev–Trinajstić information content (AvgIpc) is 3.23. The summed E-state index contributed by atoms with van der Waals surface area (Å²) in [6.07, 6.45) is 0. The summed E-state index contributed by atoms with van der Waals surface area (Å²) in [5.74, 6) is -1.96. The molecule has 0 atom stereocenters. The Morgan fingerprint density at radius 1 is 1.06 bits per heavy atom. The summed E-state index contributed by atoms with van der Waals surface area (Å²) in [6, 6.07) is 13.1. The minimum Gasteiger partial charge on any atom is -0.496 e. The van der Waals surface area contributed by atoms with Crippen molar-refractivity contribution >= 4 is 23.2 Å². The van der Waals surface area contributed by atoms with E-state index in [2.05, 4.69) is 20.4 Å². The van der Waals surface area contributed by atoms with Crippen LogP contribution < -0.4 is 10.1 Å². The second-order valence-corrected chi connectivity index (χ2v) is 6.67. The van der Waals surface area contributed by atoms with Crippen molar-refractivity contribution in [1.82, 2.24) is 15.1 Å². The fraction of sp³-hybridized carbons (Fsp3) is 0.0476. The van der Waals surface area contributed by atoms with Crippen LogP contribution in [0, 0.1) is 11.8 Å². The Hall–Kier alpha value is -3.85. The van der Waals surface area contributed by atoms with Gasteiger partial charge in [0.15, 0.2) is 0 Å². The average molecular weight is 443 g/mol. The van der Waals surface area contributed by atoms with Crippen LogP contribution in [0.1, 0.15) is 10.5 Å². The molecular formula is C21H13ClF2N4O3. The zero-order chi connectivity index (χ0) is 22.0. The summed E-state index contributed by atoms with van der Waals surface area (Å²) in [5.41, 5.74) is 0.994. The third kappa shape index (κ3) is 4.36. The number of halogens is 3. The van der Waals surface area contributed by atoms with E-state index < -0.39 is 23.4 Å². The number of anilines is 1. The van der Waals surface area contributed by atoms with Crippen LogP contribution in [-0.4, -0.2) is 28.1 Å². The van der Waals surface area contributed by atoms with Crippen molar-refractivity contribution in [2.24, 2.45) is 0 Å². The largest absolute Gasteiger partial charge is 0.496 e. The number of hydrogen-bond acceptors (Lipinski definition) is 6. The van der Waals surface area contributed by atoms with E-state index in [9.17, 15) is 13.6 Å². The number of pyridine rings is 1. The van der Waals surface area contributed by atoms with Crippen LogP contribution in [0.5, 0.6) is 5.75 Å². The Morgan fingerprint density at radius 3 is 2.61 bits per heavy atom. The molecule has 31 heavy (non-hydrogen) atoms. The van der Waals surface area contributed by atoms with Crippen LogP contribution in [0.4, 0.5) is 14.5 Å². The minimum absolute atomic E-state index is 0.235. The maximum absolute atomic E-state index is 13.3. The quantitative estimate of drug-likeness (QED) is 0.438. The van der Waals surface area contributed by atoms with Crippen LogP contribution in [0.15, 0.2) is 59.1 Å². The summed E-state index contributed by atoms with van der Waals surface area (Å²) < 4.78 is 37.3. The highest BCUT2D eigenvalue weighted by molar-refractivity contribution is 6.33. The van der Waals surface area contributed by atoms with Gasteiger partial charge in [0.25, 0.3) is 11.8 Å². The maximum Gasteiger partial charge on any atom is 0.274 e. The number of rotatable bonds is 5. The van der Waals surface area contributed by atoms with Gasteiger partial charge < -0.3 is 14.6 Å². The third-order valence-corrected chi connectivity index (χ3v) is 4.55. The first-order chi connectivity index (χ1) is 14.9. The molecule has 4 rings (SSSR count). The lowest BCUT2D eigenvalue weighted by molar-refractivity contribution is 0.102. The Bertz CT molecular complexity index is 1260. The molecule has 0 radical (unpaired) electrons. The SMILES string of the molecule is COc1cc(NC(=O)c2cc(F)cc(F)n2)ccc1-c1noc(-c2ccccc2Cl)n1. The standard InChI is InChI=1S/C21H13ClF2N4O3/c1-30-17-10-12(25-20(29)16-8-11(23)9-18(24)26-16)6-7-14(17)19-27-21(31-28-19)13-4-2-3-5-15(13)22/h2-10H,1H3,(H,25,29). The molecule has 0 saturated heterocycles. The number of methoxy groups -OCH3 is 1. The molecule has 0 aliphatic carbocycles. The highest BCUT2D eigenvalue weighted by atomic mass is 35.5. The number of ether oxygens (including phenoxy) is 1. The highest BCUT2D eigenvalue weighted by Crippen LogP contribution is 2.33. The molecule has 0 aliphatic rings. The molecule has 0 aliphatic heterocycles. The molecule has 1 N–H and O–H groups in total. The summed E-state index contributed by atoms with van der Waals surface area (Å²) in [4.78, 5) is 20.0. The van der Waals surface area contributed by atoms with Crippen molar-refractivity contribution in [1.29, 1.82) is 0 Å². The third-order valence-electron chi connectivity index (χ3n) is 4.22. The van der Waals surface area contributed by atoms with Gasteiger partial charge in [-0.05, 0) is 24.3 Å². The maximum atomic E-state index is 13.3. The normalized spacial score (nSPS) is 10.7. The summed E-state index contributed by atoms with van der Waals surface area (Å²) in [6.45, 7) is 0. The second-order valence-electron chi connectivity index (χ2n) is 6.27. The van der Waals surface area contributed by atoms with Gasteiger partial charge in [-0.25, -0.2) is 9.37 Å². The topological polar surface area (TPSA) is 90.1 Å².